The molecule has 0 heterocycles. The quantitative estimate of drug-likeness (QED) is 0.359. The van der Waals surface area contributed by atoms with Crippen LogP contribution < -0.4 is 0 Å². The number of unbranched alkanes of at least 4 members (excludes halogenated alkanes) is 6. The molecule has 0 amide bonds. The van der Waals surface area contributed by atoms with E-state index in [0.717, 1.165) is 0 Å². The summed E-state index contributed by atoms with van der Waals surface area (Å²) in [7, 11) is 0. The van der Waals surface area contributed by atoms with Gasteiger partial charge in [-0.2, -0.15) is 35.9 Å². The summed E-state index contributed by atoms with van der Waals surface area (Å²) in [5, 5.41) is 0. The average molecular weight is 262 g/mol. The minimum absolute atomic E-state index is 0. The van der Waals surface area contributed by atoms with Gasteiger partial charge in [-0.25, -0.2) is 0 Å². The van der Waals surface area contributed by atoms with E-state index in [9.17, 15) is 0 Å². The van der Waals surface area contributed by atoms with Crippen molar-refractivity contribution in [3.63, 3.8) is 0 Å². The van der Waals surface area contributed by atoms with Crippen molar-refractivity contribution in [1.29, 1.82) is 0 Å². The summed E-state index contributed by atoms with van der Waals surface area (Å²) >= 11 is 0. The molecule has 1 aromatic rings. The Morgan fingerprint density at radius 2 is 1.44 bits per heavy atom. The van der Waals surface area contributed by atoms with E-state index in [-0.39, 0.29) is 16.5 Å². The zero-order chi connectivity index (χ0) is 10.8. The van der Waals surface area contributed by atoms with Gasteiger partial charge in [-0.05, 0) is 0 Å². The summed E-state index contributed by atoms with van der Waals surface area (Å²) in [4.78, 5) is 0. The minimum Gasteiger partial charge on any atom is -0.184 e. The second-order valence-electron chi connectivity index (χ2n) is 4.28. The van der Waals surface area contributed by atoms with Crippen LogP contribution in [0.25, 0.3) is 0 Å². The molecule has 0 radical (unpaired) electrons. The number of hydrogen-bond donors (Lipinski definition) is 0. The number of aryl methyl sites for hydroxylation is 1. The van der Waals surface area contributed by atoms with Crippen molar-refractivity contribution in [2.45, 2.75) is 58.3 Å². The van der Waals surface area contributed by atoms with Crippen LogP contribution in [-0.4, -0.2) is 0 Å². The molecule has 0 aliphatic rings. The molecule has 0 fully saturated rings. The Bertz CT molecular complexity index is 230. The van der Waals surface area contributed by atoms with Gasteiger partial charge in [-0.1, -0.05) is 58.3 Å². The van der Waals surface area contributed by atoms with Crippen LogP contribution in [-0.2, 0) is 22.9 Å². The van der Waals surface area contributed by atoms with Crippen molar-refractivity contribution in [3.05, 3.63) is 35.9 Å². The minimum atomic E-state index is 0. The van der Waals surface area contributed by atoms with Crippen molar-refractivity contribution in [1.82, 2.24) is 0 Å². The zero-order valence-corrected chi connectivity index (χ0v) is 11.3. The Labute approximate surface area is 111 Å². The number of benzene rings is 1. The predicted octanol–water partition coefficient (Wildman–Crippen LogP) is 4.78. The Morgan fingerprint density at radius 1 is 0.875 bits per heavy atom. The maximum Gasteiger partial charge on any atom is 0 e. The molecule has 1 rings (SSSR count). The first kappa shape index (κ1) is 15.7. The summed E-state index contributed by atoms with van der Waals surface area (Å²) in [6.07, 6.45) is 11.0. The molecule has 0 nitrogen and oxygen atoms in total. The van der Waals surface area contributed by atoms with Crippen LogP contribution in [0.4, 0.5) is 0 Å². The van der Waals surface area contributed by atoms with Gasteiger partial charge in [-0.3, -0.25) is 0 Å². The smallest absolute Gasteiger partial charge is 0 e. The topological polar surface area (TPSA) is 0 Å². The largest absolute Gasteiger partial charge is 0.184 e. The fraction of sp³-hybridized carbons (Fsp3) is 0.600. The molecule has 0 saturated heterocycles. The Hall–Kier alpha value is -0.286. The Balaban J connectivity index is 0.00000225. The summed E-state index contributed by atoms with van der Waals surface area (Å²) < 4.78 is 0. The molecule has 0 aliphatic heterocycles. The first-order valence-corrected chi connectivity index (χ1v) is 6.38. The van der Waals surface area contributed by atoms with Crippen molar-refractivity contribution < 1.29 is 16.5 Å². The maximum absolute atomic E-state index is 3.06. The van der Waals surface area contributed by atoms with E-state index < -0.39 is 0 Å². The monoisotopic (exact) mass is 261 g/mol. The molecular formula is C15H23Ni-. The van der Waals surface area contributed by atoms with Crippen LogP contribution in [0.3, 0.4) is 0 Å². The van der Waals surface area contributed by atoms with Gasteiger partial charge >= 0.3 is 0 Å². The second kappa shape index (κ2) is 11.2. The first-order chi connectivity index (χ1) is 7.43. The van der Waals surface area contributed by atoms with Gasteiger partial charge < -0.3 is 0 Å². The fourth-order valence-corrected chi connectivity index (χ4v) is 1.87. The molecule has 0 bridgehead atoms. The van der Waals surface area contributed by atoms with E-state index in [4.69, 9.17) is 0 Å². The van der Waals surface area contributed by atoms with Gasteiger partial charge in [0.15, 0.2) is 0 Å². The number of rotatable bonds is 8. The average Bonchev–Trinajstić information content (AvgIpc) is 2.29. The third kappa shape index (κ3) is 7.93. The van der Waals surface area contributed by atoms with Crippen LogP contribution >= 0.6 is 0 Å². The summed E-state index contributed by atoms with van der Waals surface area (Å²) in [6, 6.07) is 11.4. The van der Waals surface area contributed by atoms with Crippen molar-refractivity contribution in [3.8, 4) is 0 Å². The third-order valence-corrected chi connectivity index (χ3v) is 2.86. The maximum atomic E-state index is 3.06. The second-order valence-corrected chi connectivity index (χ2v) is 4.28. The van der Waals surface area contributed by atoms with Crippen molar-refractivity contribution in [2.75, 3.05) is 0 Å². The van der Waals surface area contributed by atoms with Gasteiger partial charge in [0.05, 0.1) is 0 Å². The van der Waals surface area contributed by atoms with Gasteiger partial charge in [-0.15, -0.1) is 0 Å². The zero-order valence-electron chi connectivity index (χ0n) is 10.3. The molecule has 0 atom stereocenters. The molecule has 1 aromatic carbocycles. The van der Waals surface area contributed by atoms with Gasteiger partial charge in [0.25, 0.3) is 0 Å². The van der Waals surface area contributed by atoms with Crippen LogP contribution in [0.15, 0.2) is 24.3 Å². The molecule has 0 aliphatic carbocycles. The number of hydrogen-bond acceptors (Lipinski definition) is 0. The standard InChI is InChI=1S/C15H23.Ni/c1-2-3-4-5-6-7-9-12-15-13-10-8-11-14-15;/h10-11,13-14H,2-7,9,12H2,1H3;/q-1;. The molecule has 1 heteroatoms. The normalized spacial score (nSPS) is 9.81. The van der Waals surface area contributed by atoms with Crippen LogP contribution in [0, 0.1) is 6.07 Å². The van der Waals surface area contributed by atoms with E-state index in [1.165, 1.54) is 56.9 Å². The van der Waals surface area contributed by atoms with Crippen LogP contribution in [0.1, 0.15) is 57.4 Å². The molecule has 0 saturated carbocycles. The molecule has 0 unspecified atom stereocenters. The molecule has 0 N–H and O–H groups in total. The van der Waals surface area contributed by atoms with Crippen LogP contribution in [0.5, 0.6) is 0 Å². The Morgan fingerprint density at radius 3 is 2.06 bits per heavy atom. The molecule has 16 heavy (non-hydrogen) atoms. The van der Waals surface area contributed by atoms with Crippen molar-refractivity contribution in [2.24, 2.45) is 0 Å². The molecule has 94 valence electrons. The molecular weight excluding hydrogens is 239 g/mol. The van der Waals surface area contributed by atoms with Gasteiger partial charge in [0.1, 0.15) is 0 Å². The summed E-state index contributed by atoms with van der Waals surface area (Å²) in [5.41, 5.74) is 1.46. The molecule has 0 aromatic heterocycles. The van der Waals surface area contributed by atoms with E-state index in [0.29, 0.717) is 0 Å². The fourth-order valence-electron chi connectivity index (χ4n) is 1.87. The molecule has 0 spiro atoms. The van der Waals surface area contributed by atoms with Gasteiger partial charge in [0, 0.05) is 16.5 Å². The van der Waals surface area contributed by atoms with E-state index >= 15 is 0 Å². The predicted molar refractivity (Wildman–Crippen MR) is 67.0 cm³/mol. The van der Waals surface area contributed by atoms with Gasteiger partial charge in [0.2, 0.25) is 0 Å². The first-order valence-electron chi connectivity index (χ1n) is 6.38. The van der Waals surface area contributed by atoms with E-state index in [2.05, 4.69) is 25.1 Å². The third-order valence-electron chi connectivity index (χ3n) is 2.86. The van der Waals surface area contributed by atoms with Crippen LogP contribution in [0.2, 0.25) is 0 Å². The van der Waals surface area contributed by atoms with E-state index in [1.54, 1.807) is 0 Å². The summed E-state index contributed by atoms with van der Waals surface area (Å²) in [5.74, 6) is 0. The van der Waals surface area contributed by atoms with Crippen molar-refractivity contribution >= 4 is 0 Å². The Kier molecular flexibility index (Phi) is 11.0. The SMILES string of the molecule is CCCCCCCCCc1cc[c-]cc1.[Ni]. The summed E-state index contributed by atoms with van der Waals surface area (Å²) in [6.45, 7) is 2.27. The van der Waals surface area contributed by atoms with E-state index in [1.807, 2.05) is 12.1 Å².